The van der Waals surface area contributed by atoms with E-state index >= 15 is 0 Å². The van der Waals surface area contributed by atoms with Crippen molar-refractivity contribution in [3.63, 3.8) is 0 Å². The van der Waals surface area contributed by atoms with Crippen molar-refractivity contribution in [2.45, 2.75) is 330 Å². The first kappa shape index (κ1) is 68.6. The maximum absolute atomic E-state index is 8.31. The van der Waals surface area contributed by atoms with Gasteiger partial charge in [0.2, 0.25) is 0 Å². The van der Waals surface area contributed by atoms with Gasteiger partial charge in [-0.25, -0.2) is 10.9 Å². The van der Waals surface area contributed by atoms with E-state index in [0.717, 1.165) is 78.0 Å². The minimum absolute atomic E-state index is 0.174. The Bertz CT molecular complexity index is 1020. The second-order valence-electron chi connectivity index (χ2n) is 22.0. The van der Waals surface area contributed by atoms with E-state index in [1.807, 2.05) is 0 Å². The summed E-state index contributed by atoms with van der Waals surface area (Å²) in [6.45, 7) is 31.7. The van der Waals surface area contributed by atoms with Crippen molar-refractivity contribution < 1.29 is 0 Å². The molecule has 0 bridgehead atoms. The number of nitrogens with two attached hydrogens (primary N) is 1. The Morgan fingerprint density at radius 2 is 0.638 bits per heavy atom. The number of hydrogen-bond acceptors (Lipinski definition) is 9. The lowest BCUT2D eigenvalue weighted by Gasteiger charge is -2.61. The van der Waals surface area contributed by atoms with Crippen LogP contribution in [0.5, 0.6) is 0 Å². The van der Waals surface area contributed by atoms with Gasteiger partial charge >= 0.3 is 0 Å². The SMILES string of the molecule is CCCCCCCCCNN(NCCCCCCCC)C(NCCCC)(N(CCCC)CCCC)C(N)(CCCCCCCC(NCCCCC)(NCCCCCC)NCCCCCCC)C(C)C. The van der Waals surface area contributed by atoms with Crippen LogP contribution in [-0.2, 0) is 0 Å². The van der Waals surface area contributed by atoms with E-state index in [4.69, 9.17) is 5.73 Å². The van der Waals surface area contributed by atoms with Gasteiger partial charge in [0.15, 0.2) is 5.79 Å². The molecule has 9 heteroatoms. The number of hydrogen-bond donors (Lipinski definition) is 7. The van der Waals surface area contributed by atoms with Crippen LogP contribution in [0.1, 0.15) is 313 Å². The molecule has 0 aliphatic heterocycles. The van der Waals surface area contributed by atoms with Crippen LogP contribution in [0.15, 0.2) is 0 Å². The molecule has 8 N–H and O–H groups in total. The Balaban J connectivity index is 6.68. The Morgan fingerprint density at radius 1 is 0.333 bits per heavy atom. The zero-order valence-electron chi connectivity index (χ0n) is 49.1. The molecule has 0 aromatic carbocycles. The molecule has 0 aromatic heterocycles. The van der Waals surface area contributed by atoms with E-state index in [9.17, 15) is 0 Å². The molecule has 3 unspecified atom stereocenters. The van der Waals surface area contributed by atoms with Gasteiger partial charge in [0, 0.05) is 26.2 Å². The molecule has 416 valence electrons. The number of nitrogens with one attached hydrogen (secondary N) is 6. The maximum atomic E-state index is 8.31. The second-order valence-corrected chi connectivity index (χ2v) is 22.0. The summed E-state index contributed by atoms with van der Waals surface area (Å²) in [6.07, 6.45) is 47.9. The summed E-state index contributed by atoms with van der Waals surface area (Å²) < 4.78 is 0. The Kier molecular flexibility index (Phi) is 48.3. The lowest BCUT2D eigenvalue weighted by atomic mass is 9.74. The van der Waals surface area contributed by atoms with E-state index in [2.05, 4.69) is 111 Å². The normalized spacial score (nSPS) is 14.9. The van der Waals surface area contributed by atoms with Gasteiger partial charge in [-0.2, -0.15) is 0 Å². The van der Waals surface area contributed by atoms with Crippen LogP contribution in [0.2, 0.25) is 0 Å². The lowest BCUT2D eigenvalue weighted by Crippen LogP contribution is -2.87. The van der Waals surface area contributed by atoms with Crippen LogP contribution in [-0.4, -0.2) is 79.5 Å². The summed E-state index contributed by atoms with van der Waals surface area (Å²) in [5.74, 6) is -0.489. The quantitative estimate of drug-likeness (QED) is 0.0182. The van der Waals surface area contributed by atoms with Crippen LogP contribution < -0.4 is 37.9 Å². The molecule has 0 aliphatic rings. The van der Waals surface area contributed by atoms with Crippen molar-refractivity contribution in [1.29, 1.82) is 0 Å². The summed E-state index contributed by atoms with van der Waals surface area (Å²) in [6, 6.07) is 0. The molecule has 0 aromatic rings. The molecule has 0 amide bonds. The molecule has 9 nitrogen and oxygen atoms in total. The third-order valence-electron chi connectivity index (χ3n) is 15.3. The van der Waals surface area contributed by atoms with Crippen molar-refractivity contribution >= 4 is 0 Å². The van der Waals surface area contributed by atoms with Crippen LogP contribution in [0.4, 0.5) is 0 Å². The molecule has 0 heterocycles. The molecule has 0 fully saturated rings. The number of hydrazine groups is 2. The van der Waals surface area contributed by atoms with Crippen LogP contribution in [0.3, 0.4) is 0 Å². The largest absolute Gasteiger partial charge is 0.321 e. The topological polar surface area (TPSA) is 105 Å². The highest BCUT2D eigenvalue weighted by atomic mass is 15.8. The van der Waals surface area contributed by atoms with Crippen molar-refractivity contribution in [2.75, 3.05) is 52.4 Å². The summed E-state index contributed by atoms with van der Waals surface area (Å²) in [4.78, 5) is 2.82. The van der Waals surface area contributed by atoms with Crippen molar-refractivity contribution in [3.8, 4) is 0 Å². The van der Waals surface area contributed by atoms with Gasteiger partial charge < -0.3 is 5.73 Å². The average Bonchev–Trinajstić information content (AvgIpc) is 3.35. The first-order valence-corrected chi connectivity index (χ1v) is 31.5. The zero-order chi connectivity index (χ0) is 51.0. The molecule has 0 rings (SSSR count). The lowest BCUT2D eigenvalue weighted by molar-refractivity contribution is -0.198. The maximum Gasteiger partial charge on any atom is 0.174 e. The Labute approximate surface area is 434 Å². The molecule has 3 atom stereocenters. The van der Waals surface area contributed by atoms with Gasteiger partial charge in [0.1, 0.15) is 5.79 Å². The molecule has 0 spiro atoms. The van der Waals surface area contributed by atoms with Gasteiger partial charge in [-0.05, 0) is 103 Å². The smallest absolute Gasteiger partial charge is 0.174 e. The van der Waals surface area contributed by atoms with Gasteiger partial charge in [0.05, 0.1) is 5.54 Å². The third-order valence-corrected chi connectivity index (χ3v) is 15.3. The van der Waals surface area contributed by atoms with E-state index < -0.39 is 11.3 Å². The number of rotatable bonds is 57. The number of nitrogens with zero attached hydrogens (tertiary/aromatic N) is 2. The van der Waals surface area contributed by atoms with Gasteiger partial charge in [0.25, 0.3) is 0 Å². The highest BCUT2D eigenvalue weighted by molar-refractivity contribution is 5.09. The van der Waals surface area contributed by atoms with E-state index in [-0.39, 0.29) is 11.7 Å². The molecule has 69 heavy (non-hydrogen) atoms. The van der Waals surface area contributed by atoms with Crippen molar-refractivity contribution in [2.24, 2.45) is 11.7 Å². The summed E-state index contributed by atoms with van der Waals surface area (Å²) in [5, 5.41) is 19.1. The second kappa shape index (κ2) is 48.6. The molecule has 0 saturated heterocycles. The zero-order valence-corrected chi connectivity index (χ0v) is 49.1. The molecule has 0 saturated carbocycles. The highest BCUT2D eigenvalue weighted by Crippen LogP contribution is 2.38. The summed E-state index contributed by atoms with van der Waals surface area (Å²) in [7, 11) is 0. The van der Waals surface area contributed by atoms with Gasteiger partial charge in [-0.3, -0.25) is 26.2 Å². The average molecular weight is 979 g/mol. The van der Waals surface area contributed by atoms with E-state index in [0.29, 0.717) is 0 Å². The fraction of sp³-hybridized carbons (Fsp3) is 1.00. The predicted molar refractivity (Wildman–Crippen MR) is 309 cm³/mol. The van der Waals surface area contributed by atoms with Crippen LogP contribution in [0, 0.1) is 5.92 Å². The number of unbranched alkanes of at least 4 members (excludes halogenated alkanes) is 27. The molecule has 0 radical (unpaired) electrons. The fourth-order valence-electron chi connectivity index (χ4n) is 10.4. The summed E-state index contributed by atoms with van der Waals surface area (Å²) >= 11 is 0. The minimum atomic E-state index is -0.585. The van der Waals surface area contributed by atoms with Gasteiger partial charge in [-0.1, -0.05) is 243 Å². The standard InChI is InChI=1S/C60H131N9/c1-11-19-27-31-33-39-46-54-67-69(66-53-45-38-32-28-20-12-2)60(65-49-24-16-6,68(55-25-17-7)56-26-18-8)58(61,57(9)10)47-40-35-34-36-41-48-59(62-50-42-23-15-5,63-51-43-30-22-14-4)64-52-44-37-29-21-13-3/h57,62-67H,11-56,61H2,1-10H3. The monoisotopic (exact) mass is 978 g/mol. The fourth-order valence-corrected chi connectivity index (χ4v) is 10.4. The van der Waals surface area contributed by atoms with Crippen molar-refractivity contribution in [1.82, 2.24) is 42.1 Å². The molecule has 0 aliphatic carbocycles. The highest BCUT2D eigenvalue weighted by Gasteiger charge is 2.57. The van der Waals surface area contributed by atoms with E-state index in [1.165, 1.54) is 218 Å². The Hall–Kier alpha value is -0.360. The van der Waals surface area contributed by atoms with Crippen LogP contribution >= 0.6 is 0 Å². The first-order chi connectivity index (χ1) is 33.7. The first-order valence-electron chi connectivity index (χ1n) is 31.5. The molecular weight excluding hydrogens is 847 g/mol. The third kappa shape index (κ3) is 31.9. The molecular formula is C60H131N9. The Morgan fingerprint density at radius 3 is 1.04 bits per heavy atom. The summed E-state index contributed by atoms with van der Waals surface area (Å²) in [5.41, 5.74) is 16.0. The minimum Gasteiger partial charge on any atom is -0.321 e. The van der Waals surface area contributed by atoms with E-state index in [1.54, 1.807) is 0 Å². The van der Waals surface area contributed by atoms with Gasteiger partial charge in [-0.15, -0.1) is 5.12 Å². The van der Waals surface area contributed by atoms with Crippen LogP contribution in [0.25, 0.3) is 0 Å². The van der Waals surface area contributed by atoms with Crippen molar-refractivity contribution in [3.05, 3.63) is 0 Å². The predicted octanol–water partition coefficient (Wildman–Crippen LogP) is 15.6.